The number of thioether (sulfide) groups is 2. The molecule has 1 aliphatic heterocycles. The van der Waals surface area contributed by atoms with Gasteiger partial charge in [0, 0.05) is 35.1 Å². The zero-order valence-corrected chi connectivity index (χ0v) is 11.6. The molecule has 17 heavy (non-hydrogen) atoms. The van der Waals surface area contributed by atoms with E-state index in [0.29, 0.717) is 17.7 Å². The maximum atomic E-state index is 5.38. The molecule has 0 saturated carbocycles. The van der Waals surface area contributed by atoms with E-state index in [2.05, 4.69) is 22.1 Å². The molecule has 0 spiro atoms. The van der Waals surface area contributed by atoms with Crippen molar-refractivity contribution in [2.75, 3.05) is 35.7 Å². The van der Waals surface area contributed by atoms with E-state index < -0.39 is 0 Å². The highest BCUT2D eigenvalue weighted by Crippen LogP contribution is 2.24. The van der Waals surface area contributed by atoms with Crippen LogP contribution in [0.5, 0.6) is 5.88 Å². The average molecular weight is 270 g/mol. The summed E-state index contributed by atoms with van der Waals surface area (Å²) in [6.45, 7) is 3.61. The third kappa shape index (κ3) is 4.32. The Bertz CT molecular complexity index is 343. The molecule has 0 amide bonds. The van der Waals surface area contributed by atoms with Gasteiger partial charge in [0.25, 0.3) is 0 Å². The lowest BCUT2D eigenvalue weighted by Crippen LogP contribution is -2.23. The van der Waals surface area contributed by atoms with E-state index in [1.165, 1.54) is 17.3 Å². The second kappa shape index (κ2) is 7.01. The predicted octanol–water partition coefficient (Wildman–Crippen LogP) is 2.74. The van der Waals surface area contributed by atoms with Crippen LogP contribution in [0.3, 0.4) is 0 Å². The maximum Gasteiger partial charge on any atom is 0.215 e. The van der Waals surface area contributed by atoms with E-state index >= 15 is 0 Å². The van der Waals surface area contributed by atoms with Gasteiger partial charge in [-0.3, -0.25) is 0 Å². The van der Waals surface area contributed by atoms with Crippen molar-refractivity contribution < 1.29 is 4.74 Å². The summed E-state index contributed by atoms with van der Waals surface area (Å²) in [5.41, 5.74) is 0. The molecule has 1 aliphatic rings. The number of hydrogen-bond donors (Lipinski definition) is 1. The zero-order chi connectivity index (χ0) is 11.9. The SMILES string of the molecule is CCOc1cccc(NCC2CSCCS2)n1. The lowest BCUT2D eigenvalue weighted by molar-refractivity contribution is 0.327. The highest BCUT2D eigenvalue weighted by atomic mass is 32.2. The van der Waals surface area contributed by atoms with Gasteiger partial charge >= 0.3 is 0 Å². The maximum absolute atomic E-state index is 5.38. The monoisotopic (exact) mass is 270 g/mol. The highest BCUT2D eigenvalue weighted by molar-refractivity contribution is 8.06. The van der Waals surface area contributed by atoms with E-state index in [9.17, 15) is 0 Å². The molecule has 1 atom stereocenters. The Morgan fingerprint density at radius 2 is 2.41 bits per heavy atom. The summed E-state index contributed by atoms with van der Waals surface area (Å²) in [5, 5.41) is 4.09. The van der Waals surface area contributed by atoms with E-state index in [1.807, 2.05) is 36.9 Å². The molecule has 0 aromatic carbocycles. The van der Waals surface area contributed by atoms with Crippen LogP contribution in [0, 0.1) is 0 Å². The van der Waals surface area contributed by atoms with Crippen molar-refractivity contribution in [1.82, 2.24) is 4.98 Å². The Hall–Kier alpha value is -0.550. The highest BCUT2D eigenvalue weighted by Gasteiger charge is 2.13. The molecule has 2 rings (SSSR count). The Labute approximate surface area is 111 Å². The summed E-state index contributed by atoms with van der Waals surface area (Å²) in [6.07, 6.45) is 0. The molecule has 94 valence electrons. The number of hydrogen-bond acceptors (Lipinski definition) is 5. The van der Waals surface area contributed by atoms with Gasteiger partial charge in [0.05, 0.1) is 6.61 Å². The van der Waals surface area contributed by atoms with Gasteiger partial charge in [0.2, 0.25) is 5.88 Å². The van der Waals surface area contributed by atoms with Crippen LogP contribution in [-0.4, -0.2) is 40.6 Å². The van der Waals surface area contributed by atoms with Crippen LogP contribution in [0.1, 0.15) is 6.92 Å². The summed E-state index contributed by atoms with van der Waals surface area (Å²) >= 11 is 4.10. The van der Waals surface area contributed by atoms with Gasteiger partial charge < -0.3 is 10.1 Å². The summed E-state index contributed by atoms with van der Waals surface area (Å²) in [5.74, 6) is 5.40. The first-order valence-electron chi connectivity index (χ1n) is 5.91. The first kappa shape index (κ1) is 12.9. The van der Waals surface area contributed by atoms with Gasteiger partial charge in [-0.25, -0.2) is 0 Å². The first-order chi connectivity index (χ1) is 8.38. The van der Waals surface area contributed by atoms with Crippen molar-refractivity contribution >= 4 is 29.3 Å². The number of aromatic nitrogens is 1. The van der Waals surface area contributed by atoms with Gasteiger partial charge in [-0.15, -0.1) is 0 Å². The van der Waals surface area contributed by atoms with Gasteiger partial charge in [0.1, 0.15) is 5.82 Å². The largest absolute Gasteiger partial charge is 0.478 e. The lowest BCUT2D eigenvalue weighted by Gasteiger charge is -2.21. The van der Waals surface area contributed by atoms with E-state index in [-0.39, 0.29) is 0 Å². The fourth-order valence-corrected chi connectivity index (χ4v) is 4.23. The molecule has 0 aliphatic carbocycles. The normalized spacial score (nSPS) is 19.9. The van der Waals surface area contributed by atoms with Crippen LogP contribution < -0.4 is 10.1 Å². The van der Waals surface area contributed by atoms with Crippen LogP contribution in [0.15, 0.2) is 18.2 Å². The number of nitrogens with one attached hydrogen (secondary N) is 1. The molecule has 2 heterocycles. The van der Waals surface area contributed by atoms with Crippen molar-refractivity contribution in [3.63, 3.8) is 0 Å². The molecule has 1 fully saturated rings. The quantitative estimate of drug-likeness (QED) is 0.890. The fraction of sp³-hybridized carbons (Fsp3) is 0.583. The molecule has 1 saturated heterocycles. The summed E-state index contributed by atoms with van der Waals surface area (Å²) in [6, 6.07) is 5.85. The van der Waals surface area contributed by atoms with Crippen LogP contribution in [0.25, 0.3) is 0 Å². The zero-order valence-electron chi connectivity index (χ0n) is 10.0. The Balaban J connectivity index is 1.83. The third-order valence-corrected chi connectivity index (χ3v) is 5.26. The summed E-state index contributed by atoms with van der Waals surface area (Å²) < 4.78 is 5.38. The Morgan fingerprint density at radius 3 is 3.18 bits per heavy atom. The number of ether oxygens (including phenoxy) is 1. The van der Waals surface area contributed by atoms with Gasteiger partial charge in [0.15, 0.2) is 0 Å². The second-order valence-electron chi connectivity index (χ2n) is 3.74. The molecule has 1 unspecified atom stereocenters. The van der Waals surface area contributed by atoms with Crippen molar-refractivity contribution in [1.29, 1.82) is 0 Å². The van der Waals surface area contributed by atoms with Crippen molar-refractivity contribution in [2.45, 2.75) is 12.2 Å². The number of nitrogens with zero attached hydrogens (tertiary/aromatic N) is 1. The van der Waals surface area contributed by atoms with Gasteiger partial charge in [-0.1, -0.05) is 6.07 Å². The Morgan fingerprint density at radius 1 is 1.47 bits per heavy atom. The van der Waals surface area contributed by atoms with E-state index in [0.717, 1.165) is 12.4 Å². The Kier molecular flexibility index (Phi) is 5.32. The van der Waals surface area contributed by atoms with Crippen molar-refractivity contribution in [3.8, 4) is 5.88 Å². The number of pyridine rings is 1. The molecule has 0 radical (unpaired) electrons. The van der Waals surface area contributed by atoms with E-state index in [4.69, 9.17) is 4.74 Å². The molecule has 3 nitrogen and oxygen atoms in total. The van der Waals surface area contributed by atoms with Crippen LogP contribution in [-0.2, 0) is 0 Å². The number of anilines is 1. The standard InChI is InChI=1S/C12H18N2OS2/c1-2-15-12-5-3-4-11(14-12)13-8-10-9-16-6-7-17-10/h3-5,10H,2,6-9H2,1H3,(H,13,14). The van der Waals surface area contributed by atoms with Gasteiger partial charge in [-0.05, 0) is 13.0 Å². The third-order valence-electron chi connectivity index (χ3n) is 2.41. The molecule has 1 N–H and O–H groups in total. The van der Waals surface area contributed by atoms with Gasteiger partial charge in [-0.2, -0.15) is 28.5 Å². The molecule has 0 bridgehead atoms. The molecule has 5 heteroatoms. The van der Waals surface area contributed by atoms with Crippen LogP contribution in [0.2, 0.25) is 0 Å². The van der Waals surface area contributed by atoms with Crippen LogP contribution >= 0.6 is 23.5 Å². The summed E-state index contributed by atoms with van der Waals surface area (Å²) in [7, 11) is 0. The summed E-state index contributed by atoms with van der Waals surface area (Å²) in [4.78, 5) is 4.40. The molecular formula is C12H18N2OS2. The van der Waals surface area contributed by atoms with Crippen molar-refractivity contribution in [2.24, 2.45) is 0 Å². The number of rotatable bonds is 5. The van der Waals surface area contributed by atoms with Crippen molar-refractivity contribution in [3.05, 3.63) is 18.2 Å². The van der Waals surface area contributed by atoms with Crippen LogP contribution in [0.4, 0.5) is 5.82 Å². The minimum Gasteiger partial charge on any atom is -0.478 e. The molecule has 1 aromatic heterocycles. The first-order valence-corrected chi connectivity index (χ1v) is 8.12. The van der Waals surface area contributed by atoms with E-state index in [1.54, 1.807) is 0 Å². The fourth-order valence-electron chi connectivity index (χ4n) is 1.61. The topological polar surface area (TPSA) is 34.1 Å². The predicted molar refractivity (Wildman–Crippen MR) is 77.5 cm³/mol. The molecule has 1 aromatic rings. The minimum absolute atomic E-state index is 0.658. The minimum atomic E-state index is 0.658. The lowest BCUT2D eigenvalue weighted by atomic mass is 10.4. The smallest absolute Gasteiger partial charge is 0.215 e. The second-order valence-corrected chi connectivity index (χ2v) is 6.30. The molecular weight excluding hydrogens is 252 g/mol. The average Bonchev–Trinajstić information content (AvgIpc) is 2.39.